The van der Waals surface area contributed by atoms with Gasteiger partial charge in [0.2, 0.25) is 0 Å². The first-order valence-electron chi connectivity index (χ1n) is 7.94. The first-order valence-corrected chi connectivity index (χ1v) is 8.99. The molecule has 9 heteroatoms. The highest BCUT2D eigenvalue weighted by molar-refractivity contribution is 7.99. The number of nitrogens with zero attached hydrogens (tertiary/aromatic N) is 3. The van der Waals surface area contributed by atoms with Crippen LogP contribution in [0.15, 0.2) is 12.1 Å². The molecule has 1 atom stereocenters. The Bertz CT molecular complexity index is 578. The number of rotatable bonds is 8. The molecule has 0 bridgehead atoms. The molecule has 0 saturated carbocycles. The minimum absolute atomic E-state index is 0.0976. The predicted octanol–water partition coefficient (Wildman–Crippen LogP) is 3.89. The van der Waals surface area contributed by atoms with Crippen LogP contribution in [-0.2, 0) is 4.74 Å². The highest BCUT2D eigenvalue weighted by Gasteiger charge is 2.33. The van der Waals surface area contributed by atoms with Gasteiger partial charge in [-0.25, -0.2) is 0 Å². The van der Waals surface area contributed by atoms with Crippen LogP contribution in [0.1, 0.15) is 37.7 Å². The molecule has 1 heterocycles. The van der Waals surface area contributed by atoms with Gasteiger partial charge in [-0.3, -0.25) is 20.2 Å². The minimum Gasteiger partial charge on any atom is -0.362 e. The van der Waals surface area contributed by atoms with Crippen LogP contribution in [0.5, 0.6) is 0 Å². The van der Waals surface area contributed by atoms with Gasteiger partial charge in [-0.1, -0.05) is 13.8 Å². The van der Waals surface area contributed by atoms with E-state index in [0.717, 1.165) is 18.6 Å². The highest BCUT2D eigenvalue weighted by atomic mass is 32.2. The largest absolute Gasteiger partial charge is 0.362 e. The summed E-state index contributed by atoms with van der Waals surface area (Å²) in [5.41, 5.74) is -0.260. The van der Waals surface area contributed by atoms with E-state index in [4.69, 9.17) is 4.74 Å². The molecule has 1 aromatic rings. The molecular formula is C15H21N3O5S. The van der Waals surface area contributed by atoms with E-state index < -0.39 is 9.85 Å². The van der Waals surface area contributed by atoms with Crippen LogP contribution in [0, 0.1) is 20.2 Å². The van der Waals surface area contributed by atoms with Gasteiger partial charge in [0, 0.05) is 36.5 Å². The molecule has 132 valence electrons. The molecule has 2 rings (SSSR count). The van der Waals surface area contributed by atoms with Gasteiger partial charge in [-0.05, 0) is 12.8 Å². The van der Waals surface area contributed by atoms with Crippen molar-refractivity contribution in [3.8, 4) is 0 Å². The topological polar surface area (TPSA) is 98.8 Å². The van der Waals surface area contributed by atoms with E-state index >= 15 is 0 Å². The van der Waals surface area contributed by atoms with Crippen molar-refractivity contribution in [3.05, 3.63) is 37.9 Å². The summed E-state index contributed by atoms with van der Waals surface area (Å²) in [6.07, 6.45) is 1.50. The molecule has 1 saturated heterocycles. The number of thioether (sulfide) groups is 1. The molecule has 0 aromatic heterocycles. The summed E-state index contributed by atoms with van der Waals surface area (Å²) in [7, 11) is 0. The Labute approximate surface area is 144 Å². The summed E-state index contributed by atoms with van der Waals surface area (Å²) in [5.74, 6) is 0.770. The van der Waals surface area contributed by atoms with Crippen molar-refractivity contribution in [2.75, 3.05) is 30.3 Å². The summed E-state index contributed by atoms with van der Waals surface area (Å²) in [6.45, 7) is 5.49. The Morgan fingerprint density at radius 3 is 2.08 bits per heavy atom. The summed E-state index contributed by atoms with van der Waals surface area (Å²) < 4.78 is 5.51. The van der Waals surface area contributed by atoms with Crippen LogP contribution in [0.25, 0.3) is 0 Å². The number of ether oxygens (including phenoxy) is 1. The number of hydrogen-bond donors (Lipinski definition) is 0. The van der Waals surface area contributed by atoms with E-state index in [1.54, 1.807) is 4.90 Å². The maximum absolute atomic E-state index is 11.6. The second-order valence-electron chi connectivity index (χ2n) is 5.48. The summed E-state index contributed by atoms with van der Waals surface area (Å²) >= 11 is 1.49. The maximum atomic E-state index is 11.6. The fourth-order valence-corrected chi connectivity index (χ4v) is 3.72. The van der Waals surface area contributed by atoms with Gasteiger partial charge in [-0.15, -0.1) is 11.8 Å². The summed E-state index contributed by atoms with van der Waals surface area (Å²) in [5, 5.41) is 23.2. The molecule has 1 aromatic carbocycles. The Morgan fingerprint density at radius 2 is 1.71 bits per heavy atom. The molecule has 1 aliphatic heterocycles. The first kappa shape index (κ1) is 18.5. The van der Waals surface area contributed by atoms with Crippen molar-refractivity contribution in [1.82, 2.24) is 0 Å². The van der Waals surface area contributed by atoms with E-state index in [-0.39, 0.29) is 22.5 Å². The molecule has 1 aliphatic rings. The number of hydrogen-bond acceptors (Lipinski definition) is 7. The molecule has 0 amide bonds. The summed E-state index contributed by atoms with van der Waals surface area (Å²) in [4.78, 5) is 23.8. The quantitative estimate of drug-likeness (QED) is 0.515. The maximum Gasteiger partial charge on any atom is 0.300 e. The third-order valence-corrected chi connectivity index (χ3v) is 4.80. The van der Waals surface area contributed by atoms with Crippen molar-refractivity contribution < 1.29 is 14.6 Å². The molecular weight excluding hydrogens is 334 g/mol. The van der Waals surface area contributed by atoms with Gasteiger partial charge >= 0.3 is 0 Å². The molecule has 0 N–H and O–H groups in total. The lowest BCUT2D eigenvalue weighted by atomic mass is 10.1. The van der Waals surface area contributed by atoms with Crippen molar-refractivity contribution in [1.29, 1.82) is 0 Å². The number of anilines is 1. The number of benzene rings is 1. The molecule has 0 radical (unpaired) electrons. The van der Waals surface area contributed by atoms with Crippen molar-refractivity contribution in [2.45, 2.75) is 32.1 Å². The van der Waals surface area contributed by atoms with Crippen LogP contribution < -0.4 is 4.90 Å². The third kappa shape index (κ3) is 3.96. The molecule has 0 spiro atoms. The Hall–Kier alpha value is -1.87. The fraction of sp³-hybridized carbons (Fsp3) is 0.600. The molecule has 1 fully saturated rings. The average Bonchev–Trinajstić information content (AvgIpc) is 3.07. The van der Waals surface area contributed by atoms with Gasteiger partial charge in [-0.2, -0.15) is 0 Å². The predicted molar refractivity (Wildman–Crippen MR) is 93.7 cm³/mol. The molecule has 1 unspecified atom stereocenters. The second kappa shape index (κ2) is 8.29. The fourth-order valence-electron chi connectivity index (χ4n) is 2.79. The van der Waals surface area contributed by atoms with Gasteiger partial charge in [0.05, 0.1) is 16.5 Å². The van der Waals surface area contributed by atoms with Crippen molar-refractivity contribution in [2.24, 2.45) is 0 Å². The Kier molecular flexibility index (Phi) is 6.38. The van der Waals surface area contributed by atoms with Crippen LogP contribution in [0.2, 0.25) is 0 Å². The zero-order chi connectivity index (χ0) is 17.7. The zero-order valence-electron chi connectivity index (χ0n) is 13.8. The van der Waals surface area contributed by atoms with E-state index in [2.05, 4.69) is 0 Å². The van der Waals surface area contributed by atoms with E-state index in [9.17, 15) is 20.2 Å². The van der Waals surface area contributed by atoms with Gasteiger partial charge < -0.3 is 9.64 Å². The minimum atomic E-state index is -0.538. The van der Waals surface area contributed by atoms with Crippen molar-refractivity contribution in [3.63, 3.8) is 0 Å². The second-order valence-corrected chi connectivity index (χ2v) is 6.65. The van der Waals surface area contributed by atoms with Crippen molar-refractivity contribution >= 4 is 28.8 Å². The Morgan fingerprint density at radius 1 is 1.17 bits per heavy atom. The number of nitro groups is 2. The van der Waals surface area contributed by atoms with Crippen LogP contribution >= 0.6 is 11.8 Å². The SMILES string of the molecule is CCCN(CCC)c1c([N+](=O)[O-])cc(C2OCCS2)cc1[N+](=O)[O-]. The van der Waals surface area contributed by atoms with Crippen LogP contribution in [0.4, 0.5) is 17.1 Å². The van der Waals surface area contributed by atoms with Gasteiger partial charge in [0.1, 0.15) is 5.44 Å². The zero-order valence-corrected chi connectivity index (χ0v) is 14.6. The molecule has 24 heavy (non-hydrogen) atoms. The Balaban J connectivity index is 2.61. The van der Waals surface area contributed by atoms with Crippen LogP contribution in [-0.4, -0.2) is 35.3 Å². The lowest BCUT2D eigenvalue weighted by Crippen LogP contribution is -2.26. The van der Waals surface area contributed by atoms with E-state index in [0.29, 0.717) is 25.3 Å². The number of nitro benzene ring substituents is 2. The van der Waals surface area contributed by atoms with E-state index in [1.165, 1.54) is 23.9 Å². The standard InChI is InChI=1S/C15H21N3O5S/c1-3-5-16(6-4-2)14-12(17(19)20)9-11(10-13(14)18(21)22)15-23-7-8-24-15/h9-10,15H,3-8H2,1-2H3. The summed E-state index contributed by atoms with van der Waals surface area (Å²) in [6, 6.07) is 2.84. The smallest absolute Gasteiger partial charge is 0.300 e. The highest BCUT2D eigenvalue weighted by Crippen LogP contribution is 2.44. The molecule has 8 nitrogen and oxygen atoms in total. The van der Waals surface area contributed by atoms with E-state index in [1.807, 2.05) is 13.8 Å². The normalized spacial score (nSPS) is 17.0. The van der Waals surface area contributed by atoms with Gasteiger partial charge in [0.25, 0.3) is 11.4 Å². The first-order chi connectivity index (χ1) is 11.5. The lowest BCUT2D eigenvalue weighted by Gasteiger charge is -2.23. The third-order valence-electron chi connectivity index (χ3n) is 3.68. The monoisotopic (exact) mass is 355 g/mol. The van der Waals surface area contributed by atoms with Crippen LogP contribution in [0.3, 0.4) is 0 Å². The average molecular weight is 355 g/mol. The lowest BCUT2D eigenvalue weighted by molar-refractivity contribution is -0.392. The molecule has 0 aliphatic carbocycles. The van der Waals surface area contributed by atoms with Gasteiger partial charge in [0.15, 0.2) is 5.69 Å².